The molecule has 0 radical (unpaired) electrons. The summed E-state index contributed by atoms with van der Waals surface area (Å²) in [6, 6.07) is 15.8. The molecule has 1 heterocycles. The number of anilines is 2. The zero-order valence-corrected chi connectivity index (χ0v) is 17.9. The van der Waals surface area contributed by atoms with Gasteiger partial charge in [0.05, 0.1) is 11.4 Å². The van der Waals surface area contributed by atoms with Crippen LogP contribution in [0.25, 0.3) is 0 Å². The second-order valence-electron chi connectivity index (χ2n) is 7.30. The molecule has 0 bridgehead atoms. The molecule has 30 heavy (non-hydrogen) atoms. The van der Waals surface area contributed by atoms with E-state index in [9.17, 15) is 18.0 Å². The fourth-order valence-corrected chi connectivity index (χ4v) is 4.46. The lowest BCUT2D eigenvalue weighted by atomic mass is 10.2. The van der Waals surface area contributed by atoms with Gasteiger partial charge in [-0.3, -0.25) is 9.59 Å². The predicted molar refractivity (Wildman–Crippen MR) is 116 cm³/mol. The largest absolute Gasteiger partial charge is 0.380 e. The van der Waals surface area contributed by atoms with E-state index in [1.807, 2.05) is 30.3 Å². The lowest BCUT2D eigenvalue weighted by molar-refractivity contribution is -0.130. The topological polar surface area (TPSA) is 98.8 Å². The molecule has 1 unspecified atom stereocenters. The van der Waals surface area contributed by atoms with Crippen molar-refractivity contribution in [1.82, 2.24) is 9.21 Å². The van der Waals surface area contributed by atoms with Gasteiger partial charge >= 0.3 is 0 Å². The van der Waals surface area contributed by atoms with Gasteiger partial charge in [-0.05, 0) is 42.8 Å². The summed E-state index contributed by atoms with van der Waals surface area (Å²) < 4.78 is 26.6. The summed E-state index contributed by atoms with van der Waals surface area (Å²) >= 11 is 0. The number of amides is 2. The van der Waals surface area contributed by atoms with Crippen molar-refractivity contribution in [2.45, 2.75) is 24.3 Å². The molecule has 1 aliphatic rings. The molecule has 0 aromatic heterocycles. The van der Waals surface area contributed by atoms with Gasteiger partial charge in [0.25, 0.3) is 0 Å². The number of carbonyl (C=O) groups excluding carboxylic acids is 2. The summed E-state index contributed by atoms with van der Waals surface area (Å²) in [5.41, 5.74) is 1.51. The first-order valence-corrected chi connectivity index (χ1v) is 11.1. The predicted octanol–water partition coefficient (Wildman–Crippen LogP) is 1.98. The Morgan fingerprint density at radius 2 is 1.73 bits per heavy atom. The van der Waals surface area contributed by atoms with Crippen molar-refractivity contribution >= 4 is 33.2 Å². The Bertz CT molecular complexity index is 993. The molecule has 2 amide bonds. The average molecular weight is 431 g/mol. The highest BCUT2D eigenvalue weighted by atomic mass is 32.2. The number of rotatable bonds is 7. The summed E-state index contributed by atoms with van der Waals surface area (Å²) in [5, 5.41) is 5.99. The molecule has 0 aliphatic carbocycles. The van der Waals surface area contributed by atoms with E-state index in [1.54, 1.807) is 4.90 Å². The van der Waals surface area contributed by atoms with E-state index in [0.717, 1.165) is 16.4 Å². The quantitative estimate of drug-likeness (QED) is 0.700. The van der Waals surface area contributed by atoms with Gasteiger partial charge in [0, 0.05) is 44.5 Å². The fourth-order valence-electron chi connectivity index (χ4n) is 3.34. The first kappa shape index (κ1) is 21.8. The van der Waals surface area contributed by atoms with Crippen LogP contribution < -0.4 is 10.6 Å². The van der Waals surface area contributed by atoms with Gasteiger partial charge in [0.2, 0.25) is 21.8 Å². The number of likely N-dealkylation sites (N-methyl/N-ethyl adjacent to an activating group) is 1. The SMILES string of the molecule is CC(=O)Nc1ccc(S(=O)(=O)N(C)CC(=O)N2CCC(Nc3ccccc3)C2)cc1. The van der Waals surface area contributed by atoms with Crippen LogP contribution in [0.2, 0.25) is 0 Å². The van der Waals surface area contributed by atoms with Gasteiger partial charge in [-0.1, -0.05) is 18.2 Å². The van der Waals surface area contributed by atoms with Gasteiger partial charge in [0.15, 0.2) is 0 Å². The van der Waals surface area contributed by atoms with Crippen LogP contribution in [-0.4, -0.2) is 62.2 Å². The van der Waals surface area contributed by atoms with E-state index in [0.29, 0.717) is 18.8 Å². The molecular formula is C21H26N4O4S. The summed E-state index contributed by atoms with van der Waals surface area (Å²) in [6.45, 7) is 2.27. The van der Waals surface area contributed by atoms with Gasteiger partial charge < -0.3 is 15.5 Å². The molecule has 2 aromatic carbocycles. The van der Waals surface area contributed by atoms with E-state index >= 15 is 0 Å². The second-order valence-corrected chi connectivity index (χ2v) is 9.35. The summed E-state index contributed by atoms with van der Waals surface area (Å²) in [4.78, 5) is 25.5. The molecular weight excluding hydrogens is 404 g/mol. The van der Waals surface area contributed by atoms with Crippen LogP contribution in [0.3, 0.4) is 0 Å². The molecule has 8 nitrogen and oxygen atoms in total. The minimum Gasteiger partial charge on any atom is -0.380 e. The number of carbonyl (C=O) groups is 2. The summed E-state index contributed by atoms with van der Waals surface area (Å²) in [7, 11) is -2.42. The normalized spacial score (nSPS) is 16.5. The number of benzene rings is 2. The smallest absolute Gasteiger partial charge is 0.243 e. The lowest BCUT2D eigenvalue weighted by Gasteiger charge is -2.22. The molecule has 1 saturated heterocycles. The third kappa shape index (κ3) is 5.37. The molecule has 160 valence electrons. The average Bonchev–Trinajstić information content (AvgIpc) is 3.17. The van der Waals surface area contributed by atoms with Gasteiger partial charge in [-0.25, -0.2) is 8.42 Å². The van der Waals surface area contributed by atoms with Gasteiger partial charge in [-0.2, -0.15) is 4.31 Å². The Balaban J connectivity index is 1.57. The first-order chi connectivity index (χ1) is 14.3. The maximum absolute atomic E-state index is 12.8. The fraction of sp³-hybridized carbons (Fsp3) is 0.333. The van der Waals surface area contributed by atoms with Crippen molar-refractivity contribution in [2.24, 2.45) is 0 Å². The number of sulfonamides is 1. The Labute approximate surface area is 176 Å². The first-order valence-electron chi connectivity index (χ1n) is 9.69. The van der Waals surface area contributed by atoms with Crippen molar-refractivity contribution in [2.75, 3.05) is 37.3 Å². The molecule has 9 heteroatoms. The minimum absolute atomic E-state index is 0.0666. The van der Waals surface area contributed by atoms with E-state index in [2.05, 4.69) is 10.6 Å². The molecule has 1 atom stereocenters. The Hall–Kier alpha value is -2.91. The maximum Gasteiger partial charge on any atom is 0.243 e. The van der Waals surface area contributed by atoms with Gasteiger partial charge in [0.1, 0.15) is 0 Å². The number of hydrogen-bond acceptors (Lipinski definition) is 5. The highest BCUT2D eigenvalue weighted by Gasteiger charge is 2.29. The van der Waals surface area contributed by atoms with E-state index in [4.69, 9.17) is 0 Å². The van der Waals surface area contributed by atoms with E-state index in [1.165, 1.54) is 38.2 Å². The Morgan fingerprint density at radius 1 is 1.07 bits per heavy atom. The van der Waals surface area contributed by atoms with Crippen LogP contribution in [0, 0.1) is 0 Å². The maximum atomic E-state index is 12.8. The van der Waals surface area contributed by atoms with Crippen molar-refractivity contribution in [1.29, 1.82) is 0 Å². The van der Waals surface area contributed by atoms with Crippen LogP contribution >= 0.6 is 0 Å². The summed E-state index contributed by atoms with van der Waals surface area (Å²) in [6.07, 6.45) is 0.807. The van der Waals surface area contributed by atoms with Crippen molar-refractivity contribution in [3.8, 4) is 0 Å². The van der Waals surface area contributed by atoms with Crippen LogP contribution in [0.4, 0.5) is 11.4 Å². The van der Waals surface area contributed by atoms with Crippen LogP contribution in [0.5, 0.6) is 0 Å². The van der Waals surface area contributed by atoms with Crippen LogP contribution in [-0.2, 0) is 19.6 Å². The van der Waals surface area contributed by atoms with Crippen molar-refractivity contribution in [3.63, 3.8) is 0 Å². The Kier molecular flexibility index (Phi) is 6.73. The van der Waals surface area contributed by atoms with Crippen molar-refractivity contribution < 1.29 is 18.0 Å². The van der Waals surface area contributed by atoms with Gasteiger partial charge in [-0.15, -0.1) is 0 Å². The van der Waals surface area contributed by atoms with Crippen molar-refractivity contribution in [3.05, 3.63) is 54.6 Å². The molecule has 3 rings (SSSR count). The number of nitrogens with zero attached hydrogens (tertiary/aromatic N) is 2. The molecule has 1 fully saturated rings. The zero-order chi connectivity index (χ0) is 21.7. The minimum atomic E-state index is -3.81. The van der Waals surface area contributed by atoms with E-state index < -0.39 is 10.0 Å². The second kappa shape index (κ2) is 9.27. The third-order valence-electron chi connectivity index (χ3n) is 4.93. The lowest BCUT2D eigenvalue weighted by Crippen LogP contribution is -2.40. The molecule has 2 N–H and O–H groups in total. The standard InChI is InChI=1S/C21H26N4O4S/c1-16(26)22-18-8-10-20(11-9-18)30(28,29)24(2)15-21(27)25-13-12-19(14-25)23-17-6-4-3-5-7-17/h3-11,19,23H,12-15H2,1-2H3,(H,22,26). The molecule has 2 aromatic rings. The highest BCUT2D eigenvalue weighted by molar-refractivity contribution is 7.89. The highest BCUT2D eigenvalue weighted by Crippen LogP contribution is 2.19. The number of para-hydroxylation sites is 1. The number of hydrogen-bond donors (Lipinski definition) is 2. The molecule has 0 saturated carbocycles. The molecule has 0 spiro atoms. The van der Waals surface area contributed by atoms with E-state index in [-0.39, 0.29) is 29.3 Å². The Morgan fingerprint density at radius 3 is 2.37 bits per heavy atom. The number of likely N-dealkylation sites (tertiary alicyclic amines) is 1. The molecule has 1 aliphatic heterocycles. The van der Waals surface area contributed by atoms with Crippen LogP contribution in [0.15, 0.2) is 59.5 Å². The number of nitrogens with one attached hydrogen (secondary N) is 2. The summed E-state index contributed by atoms with van der Waals surface area (Å²) in [5.74, 6) is -0.465. The van der Waals surface area contributed by atoms with Crippen LogP contribution in [0.1, 0.15) is 13.3 Å². The third-order valence-corrected chi connectivity index (χ3v) is 6.74. The zero-order valence-electron chi connectivity index (χ0n) is 17.0. The monoisotopic (exact) mass is 430 g/mol.